The number of carbonyl (C=O) groups is 2. The predicted octanol–water partition coefficient (Wildman–Crippen LogP) is 3.76. The molecule has 0 aliphatic rings. The standard InChI is InChI=1S/C29H35N3O4S/c1-21-14-16-25(17-15-21)19-31(26(29(34)30-4)18-24-12-7-6-8-13-24)27(33)20-32(37(5,35)36)28-22(2)10-9-11-23(28)3/h6-17,26H,18-20H2,1-5H3,(H,30,34)/t26-/m0/s1. The van der Waals surface area contributed by atoms with Crippen LogP contribution in [-0.2, 0) is 32.6 Å². The van der Waals surface area contributed by atoms with Crippen molar-refractivity contribution in [3.8, 4) is 0 Å². The molecule has 0 bridgehead atoms. The molecule has 0 saturated heterocycles. The Labute approximate surface area is 220 Å². The van der Waals surface area contributed by atoms with E-state index in [1.807, 2.05) is 93.6 Å². The van der Waals surface area contributed by atoms with E-state index in [4.69, 9.17) is 0 Å². The molecule has 8 heteroatoms. The molecule has 3 aromatic rings. The van der Waals surface area contributed by atoms with E-state index >= 15 is 0 Å². The van der Waals surface area contributed by atoms with Gasteiger partial charge in [-0.2, -0.15) is 0 Å². The average Bonchev–Trinajstić information content (AvgIpc) is 2.86. The fourth-order valence-corrected chi connectivity index (χ4v) is 5.35. The number of nitrogens with one attached hydrogen (secondary N) is 1. The molecule has 0 aliphatic carbocycles. The Hall–Kier alpha value is -3.65. The van der Waals surface area contributed by atoms with Gasteiger partial charge in [0.05, 0.1) is 11.9 Å². The number of carbonyl (C=O) groups excluding carboxylic acids is 2. The van der Waals surface area contributed by atoms with Crippen LogP contribution in [0.15, 0.2) is 72.8 Å². The van der Waals surface area contributed by atoms with Gasteiger partial charge in [0.15, 0.2) is 0 Å². The summed E-state index contributed by atoms with van der Waals surface area (Å²) in [6.45, 7) is 5.35. The van der Waals surface area contributed by atoms with Gasteiger partial charge < -0.3 is 10.2 Å². The van der Waals surface area contributed by atoms with E-state index in [-0.39, 0.29) is 12.5 Å². The van der Waals surface area contributed by atoms with Gasteiger partial charge in [-0.1, -0.05) is 78.4 Å². The van der Waals surface area contributed by atoms with Crippen molar-refractivity contribution in [3.05, 3.63) is 101 Å². The average molecular weight is 522 g/mol. The Bertz CT molecular complexity index is 1320. The van der Waals surface area contributed by atoms with Crippen LogP contribution in [0.3, 0.4) is 0 Å². The van der Waals surface area contributed by atoms with Gasteiger partial charge in [0, 0.05) is 20.0 Å². The zero-order chi connectivity index (χ0) is 27.2. The Morgan fingerprint density at radius 2 is 1.43 bits per heavy atom. The number of aryl methyl sites for hydroxylation is 3. The number of likely N-dealkylation sites (N-methyl/N-ethyl adjacent to an activating group) is 1. The van der Waals surface area contributed by atoms with Gasteiger partial charge in [-0.15, -0.1) is 0 Å². The van der Waals surface area contributed by atoms with E-state index in [2.05, 4.69) is 5.32 Å². The third-order valence-electron chi connectivity index (χ3n) is 6.36. The molecule has 0 radical (unpaired) electrons. The molecule has 0 aromatic heterocycles. The molecule has 7 nitrogen and oxygen atoms in total. The van der Waals surface area contributed by atoms with Gasteiger partial charge in [-0.05, 0) is 43.0 Å². The zero-order valence-electron chi connectivity index (χ0n) is 22.1. The molecule has 1 N–H and O–H groups in total. The summed E-state index contributed by atoms with van der Waals surface area (Å²) in [5.41, 5.74) is 4.79. The molecule has 3 aromatic carbocycles. The summed E-state index contributed by atoms with van der Waals surface area (Å²) < 4.78 is 27.0. The molecule has 0 aliphatic heterocycles. The highest BCUT2D eigenvalue weighted by Gasteiger charge is 2.33. The van der Waals surface area contributed by atoms with Crippen LogP contribution < -0.4 is 9.62 Å². The normalized spacial score (nSPS) is 12.0. The van der Waals surface area contributed by atoms with E-state index < -0.39 is 28.5 Å². The molecule has 3 rings (SSSR count). The quantitative estimate of drug-likeness (QED) is 0.440. The Balaban J connectivity index is 2.06. The first-order valence-electron chi connectivity index (χ1n) is 12.2. The fourth-order valence-electron chi connectivity index (χ4n) is 4.39. The van der Waals surface area contributed by atoms with Crippen molar-refractivity contribution >= 4 is 27.5 Å². The smallest absolute Gasteiger partial charge is 0.244 e. The molecule has 0 heterocycles. The Kier molecular flexibility index (Phi) is 9.10. The number of amides is 2. The molecular weight excluding hydrogens is 486 g/mol. The van der Waals surface area contributed by atoms with Gasteiger partial charge in [0.25, 0.3) is 0 Å². The third-order valence-corrected chi connectivity index (χ3v) is 7.47. The highest BCUT2D eigenvalue weighted by Crippen LogP contribution is 2.27. The fraction of sp³-hybridized carbons (Fsp3) is 0.310. The first kappa shape index (κ1) is 27.9. The lowest BCUT2D eigenvalue weighted by molar-refractivity contribution is -0.139. The van der Waals surface area contributed by atoms with Gasteiger partial charge in [0.1, 0.15) is 12.6 Å². The van der Waals surface area contributed by atoms with Gasteiger partial charge in [-0.25, -0.2) is 8.42 Å². The van der Waals surface area contributed by atoms with Crippen LogP contribution in [0.5, 0.6) is 0 Å². The van der Waals surface area contributed by atoms with Crippen LogP contribution in [0.25, 0.3) is 0 Å². The van der Waals surface area contributed by atoms with Crippen LogP contribution >= 0.6 is 0 Å². The summed E-state index contributed by atoms with van der Waals surface area (Å²) >= 11 is 0. The van der Waals surface area contributed by atoms with E-state index in [9.17, 15) is 18.0 Å². The largest absolute Gasteiger partial charge is 0.357 e. The number of hydrogen-bond acceptors (Lipinski definition) is 4. The maximum Gasteiger partial charge on any atom is 0.244 e. The van der Waals surface area contributed by atoms with Crippen LogP contribution in [-0.4, -0.2) is 51.0 Å². The summed E-state index contributed by atoms with van der Waals surface area (Å²) in [6.07, 6.45) is 1.39. The lowest BCUT2D eigenvalue weighted by atomic mass is 10.0. The minimum absolute atomic E-state index is 0.161. The Morgan fingerprint density at radius 3 is 1.97 bits per heavy atom. The minimum atomic E-state index is -3.80. The van der Waals surface area contributed by atoms with Crippen LogP contribution in [0.1, 0.15) is 27.8 Å². The van der Waals surface area contributed by atoms with Crippen LogP contribution in [0.2, 0.25) is 0 Å². The van der Waals surface area contributed by atoms with Crippen LogP contribution in [0.4, 0.5) is 5.69 Å². The summed E-state index contributed by atoms with van der Waals surface area (Å²) in [6, 6.07) is 21.8. The number of benzene rings is 3. The number of anilines is 1. The number of hydrogen-bond donors (Lipinski definition) is 1. The monoisotopic (exact) mass is 521 g/mol. The second-order valence-corrected chi connectivity index (χ2v) is 11.2. The lowest BCUT2D eigenvalue weighted by Gasteiger charge is -2.34. The second-order valence-electron chi connectivity index (χ2n) is 9.34. The van der Waals surface area contributed by atoms with E-state index in [0.717, 1.165) is 38.4 Å². The molecule has 2 amide bonds. The summed E-state index contributed by atoms with van der Waals surface area (Å²) in [5.74, 6) is -0.777. The molecule has 0 saturated carbocycles. The Morgan fingerprint density at radius 1 is 0.838 bits per heavy atom. The number of sulfonamides is 1. The predicted molar refractivity (Wildman–Crippen MR) is 148 cm³/mol. The highest BCUT2D eigenvalue weighted by atomic mass is 32.2. The minimum Gasteiger partial charge on any atom is -0.357 e. The summed E-state index contributed by atoms with van der Waals surface area (Å²) in [4.78, 5) is 28.6. The zero-order valence-corrected chi connectivity index (χ0v) is 22.9. The molecule has 1 atom stereocenters. The van der Waals surface area contributed by atoms with E-state index in [0.29, 0.717) is 12.1 Å². The topological polar surface area (TPSA) is 86.8 Å². The van der Waals surface area contributed by atoms with Gasteiger partial charge in [-0.3, -0.25) is 13.9 Å². The molecule has 0 unspecified atom stereocenters. The SMILES string of the molecule is CNC(=O)[C@H](Cc1ccccc1)N(Cc1ccc(C)cc1)C(=O)CN(c1c(C)cccc1C)S(C)(=O)=O. The number of rotatable bonds is 10. The first-order chi connectivity index (χ1) is 17.5. The second kappa shape index (κ2) is 12.1. The van der Waals surface area contributed by atoms with Crippen molar-refractivity contribution in [2.75, 3.05) is 24.2 Å². The van der Waals surface area contributed by atoms with Crippen molar-refractivity contribution in [3.63, 3.8) is 0 Å². The van der Waals surface area contributed by atoms with Crippen molar-refractivity contribution < 1.29 is 18.0 Å². The van der Waals surface area contributed by atoms with Crippen molar-refractivity contribution in [1.82, 2.24) is 10.2 Å². The van der Waals surface area contributed by atoms with Gasteiger partial charge in [0.2, 0.25) is 21.8 Å². The number of para-hydroxylation sites is 1. The maximum absolute atomic E-state index is 14.0. The third kappa shape index (κ3) is 7.20. The van der Waals surface area contributed by atoms with Crippen molar-refractivity contribution in [2.24, 2.45) is 0 Å². The molecule has 0 fully saturated rings. The molecule has 37 heavy (non-hydrogen) atoms. The molecule has 196 valence electrons. The van der Waals surface area contributed by atoms with Crippen molar-refractivity contribution in [1.29, 1.82) is 0 Å². The number of nitrogens with zero attached hydrogens (tertiary/aromatic N) is 2. The van der Waals surface area contributed by atoms with Crippen LogP contribution in [0, 0.1) is 20.8 Å². The van der Waals surface area contributed by atoms with E-state index in [1.165, 1.54) is 11.9 Å². The lowest BCUT2D eigenvalue weighted by Crippen LogP contribution is -2.53. The first-order valence-corrected chi connectivity index (χ1v) is 14.0. The summed E-state index contributed by atoms with van der Waals surface area (Å²) in [7, 11) is -2.26. The van der Waals surface area contributed by atoms with E-state index in [1.54, 1.807) is 0 Å². The molecule has 0 spiro atoms. The molecular formula is C29H35N3O4S. The van der Waals surface area contributed by atoms with Gasteiger partial charge >= 0.3 is 0 Å². The highest BCUT2D eigenvalue weighted by molar-refractivity contribution is 7.92. The maximum atomic E-state index is 14.0. The van der Waals surface area contributed by atoms with Crippen molar-refractivity contribution in [2.45, 2.75) is 39.8 Å². The summed E-state index contributed by atoms with van der Waals surface area (Å²) in [5, 5.41) is 2.68.